The molecule has 178 valence electrons. The first-order valence-corrected chi connectivity index (χ1v) is 12.1. The van der Waals surface area contributed by atoms with Crippen molar-refractivity contribution >= 4 is 23.4 Å². The van der Waals surface area contributed by atoms with Crippen LogP contribution in [0.15, 0.2) is 48.5 Å². The first-order valence-electron chi connectivity index (χ1n) is 11.6. The van der Waals surface area contributed by atoms with Crippen molar-refractivity contribution in [3.05, 3.63) is 59.7 Å². The topological polar surface area (TPSA) is 67.9 Å². The second kappa shape index (κ2) is 12.5. The summed E-state index contributed by atoms with van der Waals surface area (Å²) in [5.41, 5.74) is 1.57. The molecule has 2 amide bonds. The molecular weight excluding hydrogens is 440 g/mol. The number of alkyl halides is 1. The van der Waals surface area contributed by atoms with Gasteiger partial charge in [-0.05, 0) is 43.0 Å². The van der Waals surface area contributed by atoms with Crippen LogP contribution in [0, 0.1) is 0 Å². The number of methoxy groups -OCH3 is 1. The summed E-state index contributed by atoms with van der Waals surface area (Å²) in [5, 5.41) is 3.19. The predicted octanol–water partition coefficient (Wildman–Crippen LogP) is 4.85. The van der Waals surface area contributed by atoms with Gasteiger partial charge in [-0.15, -0.1) is 11.6 Å². The first-order chi connectivity index (χ1) is 16.1. The van der Waals surface area contributed by atoms with Gasteiger partial charge in [0.25, 0.3) is 0 Å². The van der Waals surface area contributed by atoms with Gasteiger partial charge in [0.15, 0.2) is 11.5 Å². The van der Waals surface area contributed by atoms with Crippen LogP contribution in [-0.2, 0) is 16.1 Å². The lowest BCUT2D eigenvalue weighted by Crippen LogP contribution is -2.47. The van der Waals surface area contributed by atoms with Gasteiger partial charge in [-0.25, -0.2) is 0 Å². The largest absolute Gasteiger partial charge is 0.493 e. The maximum absolute atomic E-state index is 13.7. The van der Waals surface area contributed by atoms with Crippen molar-refractivity contribution in [2.45, 2.75) is 57.7 Å². The van der Waals surface area contributed by atoms with Gasteiger partial charge in [0, 0.05) is 12.6 Å². The highest BCUT2D eigenvalue weighted by molar-refractivity contribution is 6.27. The number of nitrogens with zero attached hydrogens (tertiary/aromatic N) is 1. The van der Waals surface area contributed by atoms with Crippen LogP contribution in [-0.4, -0.2) is 42.4 Å². The molecule has 6 nitrogen and oxygen atoms in total. The Morgan fingerprint density at radius 1 is 1.09 bits per heavy atom. The second-order valence-corrected chi connectivity index (χ2v) is 8.50. The summed E-state index contributed by atoms with van der Waals surface area (Å²) in [4.78, 5) is 28.2. The average molecular weight is 473 g/mol. The summed E-state index contributed by atoms with van der Waals surface area (Å²) in [6, 6.07) is 14.3. The van der Waals surface area contributed by atoms with Crippen LogP contribution in [0.25, 0.3) is 0 Å². The van der Waals surface area contributed by atoms with E-state index >= 15 is 0 Å². The average Bonchev–Trinajstić information content (AvgIpc) is 2.85. The molecule has 3 rings (SSSR count). The molecule has 1 aliphatic carbocycles. The van der Waals surface area contributed by atoms with E-state index in [1.165, 1.54) is 6.42 Å². The van der Waals surface area contributed by atoms with Gasteiger partial charge in [0.1, 0.15) is 11.9 Å². The molecular formula is C26H33ClN2O4. The van der Waals surface area contributed by atoms with Crippen LogP contribution >= 0.6 is 11.6 Å². The number of ether oxygens (including phenoxy) is 2. The summed E-state index contributed by atoms with van der Waals surface area (Å²) >= 11 is 6.00. The highest BCUT2D eigenvalue weighted by Crippen LogP contribution is 2.33. The monoisotopic (exact) mass is 472 g/mol. The Labute approximate surface area is 201 Å². The number of hydrogen-bond acceptors (Lipinski definition) is 4. The summed E-state index contributed by atoms with van der Waals surface area (Å²) in [5.74, 6) is 0.379. The number of rotatable bonds is 10. The van der Waals surface area contributed by atoms with Crippen molar-refractivity contribution in [2.24, 2.45) is 0 Å². The Bertz CT molecular complexity index is 916. The molecule has 0 aliphatic heterocycles. The van der Waals surface area contributed by atoms with Crippen molar-refractivity contribution in [1.82, 2.24) is 10.2 Å². The molecule has 1 fully saturated rings. The van der Waals surface area contributed by atoms with Crippen molar-refractivity contribution in [1.29, 1.82) is 0 Å². The number of nitrogens with one attached hydrogen (secondary N) is 1. The molecule has 0 spiro atoms. The molecule has 0 saturated heterocycles. The van der Waals surface area contributed by atoms with Crippen LogP contribution < -0.4 is 14.8 Å². The number of carbonyl (C=O) groups is 2. The molecule has 1 saturated carbocycles. The molecule has 7 heteroatoms. The van der Waals surface area contributed by atoms with Crippen LogP contribution in [0.4, 0.5) is 0 Å². The third-order valence-electron chi connectivity index (χ3n) is 5.95. The third-order valence-corrected chi connectivity index (χ3v) is 6.17. The van der Waals surface area contributed by atoms with Gasteiger partial charge >= 0.3 is 0 Å². The molecule has 0 heterocycles. The molecule has 2 aromatic carbocycles. The standard InChI is InChI=1S/C26H33ClN2O4/c1-3-33-22-15-14-20(16-23(22)32-2)25(26(31)28-21-12-8-5-9-13-21)29(24(30)17-27)18-19-10-6-4-7-11-19/h4,6-7,10-11,14-16,21,25H,3,5,8-9,12-13,17-18H2,1-2H3,(H,28,31)/t25-/m0/s1. The molecule has 1 atom stereocenters. The molecule has 2 aromatic rings. The Morgan fingerprint density at radius 3 is 2.45 bits per heavy atom. The van der Waals surface area contributed by atoms with Gasteiger partial charge in [-0.1, -0.05) is 55.7 Å². The van der Waals surface area contributed by atoms with E-state index in [-0.39, 0.29) is 30.3 Å². The van der Waals surface area contributed by atoms with E-state index in [0.29, 0.717) is 23.7 Å². The fourth-order valence-corrected chi connectivity index (χ4v) is 4.46. The smallest absolute Gasteiger partial charge is 0.247 e. The number of hydrogen-bond donors (Lipinski definition) is 1. The zero-order chi connectivity index (χ0) is 23.6. The van der Waals surface area contributed by atoms with Gasteiger partial charge in [-0.3, -0.25) is 9.59 Å². The zero-order valence-corrected chi connectivity index (χ0v) is 20.1. The van der Waals surface area contributed by atoms with Crippen molar-refractivity contribution in [3.63, 3.8) is 0 Å². The third kappa shape index (κ3) is 6.64. The Hall–Kier alpha value is -2.73. The van der Waals surface area contributed by atoms with Crippen molar-refractivity contribution < 1.29 is 19.1 Å². The van der Waals surface area contributed by atoms with E-state index in [1.807, 2.05) is 43.3 Å². The van der Waals surface area contributed by atoms with Crippen molar-refractivity contribution in [2.75, 3.05) is 19.6 Å². The highest BCUT2D eigenvalue weighted by Gasteiger charge is 2.33. The van der Waals surface area contributed by atoms with Gasteiger partial charge in [-0.2, -0.15) is 0 Å². The van der Waals surface area contributed by atoms with Gasteiger partial charge in [0.05, 0.1) is 13.7 Å². The van der Waals surface area contributed by atoms with Crippen molar-refractivity contribution in [3.8, 4) is 11.5 Å². The fourth-order valence-electron chi connectivity index (χ4n) is 4.31. The first kappa shape index (κ1) is 24.9. The van der Waals surface area contributed by atoms with E-state index in [9.17, 15) is 9.59 Å². The Balaban J connectivity index is 2.00. The summed E-state index contributed by atoms with van der Waals surface area (Å²) in [7, 11) is 1.56. The molecule has 0 unspecified atom stereocenters. The van der Waals surface area contributed by atoms with Gasteiger partial charge < -0.3 is 19.7 Å². The Morgan fingerprint density at radius 2 is 1.82 bits per heavy atom. The lowest BCUT2D eigenvalue weighted by Gasteiger charge is -2.33. The maximum atomic E-state index is 13.7. The molecule has 1 N–H and O–H groups in total. The summed E-state index contributed by atoms with van der Waals surface area (Å²) < 4.78 is 11.2. The van der Waals surface area contributed by atoms with E-state index < -0.39 is 6.04 Å². The maximum Gasteiger partial charge on any atom is 0.247 e. The van der Waals surface area contributed by atoms with Crippen LogP contribution in [0.5, 0.6) is 11.5 Å². The van der Waals surface area contributed by atoms with Gasteiger partial charge in [0.2, 0.25) is 11.8 Å². The normalized spacial score (nSPS) is 14.9. The number of halogens is 1. The molecule has 0 radical (unpaired) electrons. The molecule has 0 aromatic heterocycles. The minimum Gasteiger partial charge on any atom is -0.493 e. The number of amides is 2. The SMILES string of the molecule is CCOc1ccc([C@@H](C(=O)NC2CCCCC2)N(Cc2ccccc2)C(=O)CCl)cc1OC. The number of benzene rings is 2. The Kier molecular flexibility index (Phi) is 9.43. The van der Waals surface area contributed by atoms with Crippen LogP contribution in [0.1, 0.15) is 56.2 Å². The lowest BCUT2D eigenvalue weighted by molar-refractivity contribution is -0.140. The van der Waals surface area contributed by atoms with Crippen LogP contribution in [0.3, 0.4) is 0 Å². The lowest BCUT2D eigenvalue weighted by atomic mass is 9.94. The minimum absolute atomic E-state index is 0.114. The van der Waals surface area contributed by atoms with E-state index in [2.05, 4.69) is 5.32 Å². The molecule has 1 aliphatic rings. The highest BCUT2D eigenvalue weighted by atomic mass is 35.5. The summed E-state index contributed by atoms with van der Waals surface area (Å²) in [6.07, 6.45) is 5.29. The van der Waals surface area contributed by atoms with E-state index in [1.54, 1.807) is 24.1 Å². The molecule has 0 bridgehead atoms. The molecule has 33 heavy (non-hydrogen) atoms. The summed E-state index contributed by atoms with van der Waals surface area (Å²) in [6.45, 7) is 2.66. The number of carbonyl (C=O) groups excluding carboxylic acids is 2. The van der Waals surface area contributed by atoms with E-state index in [0.717, 1.165) is 31.2 Å². The quantitative estimate of drug-likeness (QED) is 0.502. The fraction of sp³-hybridized carbons (Fsp3) is 0.462. The van der Waals surface area contributed by atoms with Crippen LogP contribution in [0.2, 0.25) is 0 Å². The predicted molar refractivity (Wildman–Crippen MR) is 130 cm³/mol. The van der Waals surface area contributed by atoms with E-state index in [4.69, 9.17) is 21.1 Å². The zero-order valence-electron chi connectivity index (χ0n) is 19.4. The minimum atomic E-state index is -0.844. The second-order valence-electron chi connectivity index (χ2n) is 8.23.